The molecule has 200 valence electrons. The van der Waals surface area contributed by atoms with Crippen LogP contribution in [0.3, 0.4) is 0 Å². The molecule has 14 heteroatoms. The molecule has 3 aromatic carbocycles. The molecular weight excluding hydrogens is 560 g/mol. The van der Waals surface area contributed by atoms with Gasteiger partial charge in [-0.2, -0.15) is 26.3 Å². The summed E-state index contributed by atoms with van der Waals surface area (Å²) in [7, 11) is -4.09. The third-order valence-electron chi connectivity index (χ3n) is 5.21. The molecule has 4 rings (SSSR count). The topological polar surface area (TPSA) is 96.5 Å². The lowest BCUT2D eigenvalue weighted by molar-refractivity contribution is -0.145. The highest BCUT2D eigenvalue weighted by atomic mass is 32.2. The van der Waals surface area contributed by atoms with Crippen LogP contribution in [-0.4, -0.2) is 30.2 Å². The van der Waals surface area contributed by atoms with Crippen LogP contribution in [-0.2, 0) is 27.0 Å². The highest BCUT2D eigenvalue weighted by Gasteiger charge is 2.43. The Morgan fingerprint density at radius 3 is 2.08 bits per heavy atom. The highest BCUT2D eigenvalue weighted by Crippen LogP contribution is 2.48. The van der Waals surface area contributed by atoms with Crippen molar-refractivity contribution in [3.8, 4) is 11.5 Å². The van der Waals surface area contributed by atoms with E-state index >= 15 is 0 Å². The molecule has 0 unspecified atom stereocenters. The Kier molecular flexibility index (Phi) is 7.14. The van der Waals surface area contributed by atoms with Gasteiger partial charge in [-0.15, -0.1) is 11.8 Å². The Balaban J connectivity index is 1.85. The molecule has 0 spiro atoms. The summed E-state index contributed by atoms with van der Waals surface area (Å²) in [5.41, 5.74) is -3.29. The summed E-state index contributed by atoms with van der Waals surface area (Å²) in [5.74, 6) is -4.23. The molecule has 4 aromatic rings. The van der Waals surface area contributed by atoms with E-state index in [1.54, 1.807) is 6.07 Å². The van der Waals surface area contributed by atoms with Gasteiger partial charge in [-0.1, -0.05) is 18.2 Å². The van der Waals surface area contributed by atoms with Crippen molar-refractivity contribution in [2.24, 2.45) is 0 Å². The van der Waals surface area contributed by atoms with Crippen LogP contribution in [0.1, 0.15) is 11.1 Å². The van der Waals surface area contributed by atoms with Crippen molar-refractivity contribution >= 4 is 38.5 Å². The lowest BCUT2D eigenvalue weighted by Gasteiger charge is -2.20. The smallest absolute Gasteiger partial charge is 0.420 e. The molecule has 0 aliphatic carbocycles. The zero-order chi connectivity index (χ0) is 27.9. The Bertz CT molecular complexity index is 1580. The summed E-state index contributed by atoms with van der Waals surface area (Å²) < 4.78 is 114. The monoisotopic (exact) mass is 575 g/mol. The lowest BCUT2D eigenvalue weighted by Crippen LogP contribution is -2.14. The molecule has 0 atom stereocenters. The van der Waals surface area contributed by atoms with E-state index in [1.165, 1.54) is 30.3 Å². The van der Waals surface area contributed by atoms with Gasteiger partial charge < -0.3 is 14.8 Å². The average Bonchev–Trinajstić information content (AvgIpc) is 3.26. The first-order valence-corrected chi connectivity index (χ1v) is 12.9. The molecule has 0 aliphatic rings. The van der Waals surface area contributed by atoms with Gasteiger partial charge in [0, 0.05) is 22.0 Å². The molecule has 38 heavy (non-hydrogen) atoms. The fourth-order valence-electron chi connectivity index (χ4n) is 3.57. The molecule has 0 amide bonds. The minimum atomic E-state index is -5.30. The fraction of sp³-hybridized carbons (Fsp3) is 0.125. The first-order valence-electron chi connectivity index (χ1n) is 10.4. The summed E-state index contributed by atoms with van der Waals surface area (Å²) in [4.78, 5) is 12.6. The number of sulfone groups is 1. The second-order valence-corrected chi connectivity index (χ2v) is 10.8. The van der Waals surface area contributed by atoms with Gasteiger partial charge >= 0.3 is 18.3 Å². The number of hydrogen-bond donors (Lipinski definition) is 2. The number of halogens is 6. The Morgan fingerprint density at radius 1 is 0.921 bits per heavy atom. The van der Waals surface area contributed by atoms with Crippen LogP contribution in [0.5, 0.6) is 11.5 Å². The van der Waals surface area contributed by atoms with Crippen molar-refractivity contribution in [2.75, 3.05) is 5.75 Å². The predicted octanol–water partition coefficient (Wildman–Crippen LogP) is 7.01. The fourth-order valence-corrected chi connectivity index (χ4v) is 5.70. The normalized spacial score (nSPS) is 12.6. The van der Waals surface area contributed by atoms with E-state index < -0.39 is 61.4 Å². The van der Waals surface area contributed by atoms with E-state index in [4.69, 9.17) is 9.84 Å². The van der Waals surface area contributed by atoms with Crippen LogP contribution in [0.2, 0.25) is 0 Å². The number of thioether (sulfide) groups is 1. The maximum absolute atomic E-state index is 13.9. The van der Waals surface area contributed by atoms with Gasteiger partial charge in [-0.3, -0.25) is 4.79 Å². The summed E-state index contributed by atoms with van der Waals surface area (Å²) in [5, 5.41) is 8.76. The van der Waals surface area contributed by atoms with Crippen molar-refractivity contribution in [1.82, 2.24) is 4.98 Å². The van der Waals surface area contributed by atoms with E-state index in [0.717, 1.165) is 18.3 Å². The molecule has 0 fully saturated rings. The zero-order valence-corrected chi connectivity index (χ0v) is 20.4. The largest absolute Gasteiger partial charge is 0.481 e. The van der Waals surface area contributed by atoms with E-state index in [-0.39, 0.29) is 32.5 Å². The number of H-pyrrole nitrogens is 1. The van der Waals surface area contributed by atoms with Crippen molar-refractivity contribution in [3.05, 3.63) is 78.0 Å². The van der Waals surface area contributed by atoms with Gasteiger partial charge in [0.05, 0.1) is 26.7 Å². The Labute approximate surface area is 215 Å². The Morgan fingerprint density at radius 2 is 1.53 bits per heavy atom. The van der Waals surface area contributed by atoms with Crippen molar-refractivity contribution in [1.29, 1.82) is 0 Å². The number of benzene rings is 3. The number of aromatic amines is 1. The van der Waals surface area contributed by atoms with E-state index in [1.807, 2.05) is 0 Å². The van der Waals surface area contributed by atoms with Gasteiger partial charge in [0.1, 0.15) is 5.75 Å². The number of hydrogen-bond acceptors (Lipinski definition) is 5. The van der Waals surface area contributed by atoms with Crippen LogP contribution in [0.15, 0.2) is 81.5 Å². The van der Waals surface area contributed by atoms with Gasteiger partial charge in [-0.25, -0.2) is 8.42 Å². The number of aliphatic carboxylic acids is 1. The average molecular weight is 576 g/mol. The molecule has 0 bridgehead atoms. The van der Waals surface area contributed by atoms with Gasteiger partial charge in [0.25, 0.3) is 0 Å². The predicted molar refractivity (Wildman–Crippen MR) is 125 cm³/mol. The van der Waals surface area contributed by atoms with E-state index in [2.05, 4.69) is 4.98 Å². The molecule has 1 heterocycles. The van der Waals surface area contributed by atoms with Gasteiger partial charge in [0.15, 0.2) is 5.75 Å². The number of rotatable bonds is 7. The summed E-state index contributed by atoms with van der Waals surface area (Å²) in [6.07, 6.45) is -9.43. The SMILES string of the molecule is O=C(O)CSc1cc(C(F)(F)F)c(Oc2ccc3[nH]cc(S(=O)(=O)c4ccccc4)c3c2)c(C(F)(F)F)c1. The standard InChI is InChI=1S/C24H15F6NO5S2/c25-23(26,27)17-9-14(37-12-21(32)33)10-18(24(28,29)30)22(17)36-13-6-7-19-16(8-13)20(11-31-19)38(34,35)15-4-2-1-3-5-15/h1-11,31H,12H2,(H,32,33). The van der Waals surface area contributed by atoms with Crippen molar-refractivity contribution < 1.29 is 49.4 Å². The lowest BCUT2D eigenvalue weighted by atomic mass is 10.1. The van der Waals surface area contributed by atoms with Crippen LogP contribution >= 0.6 is 11.8 Å². The summed E-state index contributed by atoms with van der Waals surface area (Å²) in [6, 6.07) is 11.4. The summed E-state index contributed by atoms with van der Waals surface area (Å²) in [6.45, 7) is 0. The molecule has 1 aromatic heterocycles. The van der Waals surface area contributed by atoms with Gasteiger partial charge in [0.2, 0.25) is 9.84 Å². The first-order chi connectivity index (χ1) is 17.7. The highest BCUT2D eigenvalue weighted by molar-refractivity contribution is 8.00. The maximum atomic E-state index is 13.9. The molecule has 2 N–H and O–H groups in total. The molecular formula is C24H15F6NO5S2. The van der Waals surface area contributed by atoms with Crippen LogP contribution < -0.4 is 4.74 Å². The number of fused-ring (bicyclic) bond motifs is 1. The number of carboxylic acid groups (broad SMARTS) is 1. The number of ether oxygens (including phenoxy) is 1. The number of aromatic nitrogens is 1. The number of alkyl halides is 6. The van der Waals surface area contributed by atoms with E-state index in [9.17, 15) is 39.6 Å². The third kappa shape index (κ3) is 5.60. The quantitative estimate of drug-likeness (QED) is 0.182. The summed E-state index contributed by atoms with van der Waals surface area (Å²) >= 11 is 0.284. The maximum Gasteiger partial charge on any atom is 0.420 e. The van der Waals surface area contributed by atoms with Crippen LogP contribution in [0.4, 0.5) is 26.3 Å². The van der Waals surface area contributed by atoms with Gasteiger partial charge in [-0.05, 0) is 42.5 Å². The van der Waals surface area contributed by atoms with Crippen LogP contribution in [0.25, 0.3) is 10.9 Å². The number of carboxylic acids is 1. The number of carbonyl (C=O) groups is 1. The van der Waals surface area contributed by atoms with Crippen molar-refractivity contribution in [2.45, 2.75) is 27.0 Å². The first kappa shape index (κ1) is 27.4. The molecule has 0 radical (unpaired) electrons. The zero-order valence-electron chi connectivity index (χ0n) is 18.7. The number of nitrogens with one attached hydrogen (secondary N) is 1. The Hall–Kier alpha value is -3.65. The van der Waals surface area contributed by atoms with Crippen molar-refractivity contribution in [3.63, 3.8) is 0 Å². The minimum Gasteiger partial charge on any atom is -0.481 e. The second-order valence-electron chi connectivity index (χ2n) is 7.80. The minimum absolute atomic E-state index is 0.0119. The molecule has 0 saturated heterocycles. The third-order valence-corrected chi connectivity index (χ3v) is 7.98. The molecule has 6 nitrogen and oxygen atoms in total. The molecule has 0 aliphatic heterocycles. The molecule has 0 saturated carbocycles. The second kappa shape index (κ2) is 9.91. The van der Waals surface area contributed by atoms with E-state index in [0.29, 0.717) is 12.1 Å². The van der Waals surface area contributed by atoms with Crippen LogP contribution in [0, 0.1) is 0 Å².